The zero-order valence-electron chi connectivity index (χ0n) is 11.1. The molecule has 0 fully saturated rings. The van der Waals surface area contributed by atoms with Crippen LogP contribution in [0.25, 0.3) is 0 Å². The van der Waals surface area contributed by atoms with Crippen molar-refractivity contribution in [1.82, 2.24) is 5.43 Å². The SMILES string of the molecule is CCc1ccc(C(Cc2cccc(F)c2)NN)cc1. The first-order valence-corrected chi connectivity index (χ1v) is 6.52. The van der Waals surface area contributed by atoms with Gasteiger partial charge in [-0.15, -0.1) is 0 Å². The van der Waals surface area contributed by atoms with Crippen molar-refractivity contribution in [2.24, 2.45) is 5.84 Å². The molecule has 3 N–H and O–H groups in total. The van der Waals surface area contributed by atoms with Crippen LogP contribution in [0.15, 0.2) is 48.5 Å². The number of rotatable bonds is 5. The van der Waals surface area contributed by atoms with Crippen molar-refractivity contribution in [2.75, 3.05) is 0 Å². The second-order valence-electron chi connectivity index (χ2n) is 4.65. The Morgan fingerprint density at radius 2 is 1.84 bits per heavy atom. The molecule has 19 heavy (non-hydrogen) atoms. The summed E-state index contributed by atoms with van der Waals surface area (Å²) in [4.78, 5) is 0. The zero-order valence-corrected chi connectivity index (χ0v) is 11.1. The van der Waals surface area contributed by atoms with Crippen LogP contribution < -0.4 is 11.3 Å². The number of aryl methyl sites for hydroxylation is 1. The van der Waals surface area contributed by atoms with Crippen LogP contribution in [0.5, 0.6) is 0 Å². The largest absolute Gasteiger partial charge is 0.271 e. The van der Waals surface area contributed by atoms with Crippen LogP contribution >= 0.6 is 0 Å². The van der Waals surface area contributed by atoms with Crippen LogP contribution in [0.4, 0.5) is 4.39 Å². The molecule has 2 rings (SSSR count). The van der Waals surface area contributed by atoms with E-state index in [1.165, 1.54) is 11.6 Å². The minimum Gasteiger partial charge on any atom is -0.271 e. The predicted molar refractivity (Wildman–Crippen MR) is 76.0 cm³/mol. The lowest BCUT2D eigenvalue weighted by atomic mass is 9.98. The molecule has 0 saturated carbocycles. The van der Waals surface area contributed by atoms with E-state index >= 15 is 0 Å². The van der Waals surface area contributed by atoms with Crippen molar-refractivity contribution in [3.63, 3.8) is 0 Å². The molecule has 3 heteroatoms. The van der Waals surface area contributed by atoms with Crippen LogP contribution in [0, 0.1) is 5.82 Å². The van der Waals surface area contributed by atoms with Crippen LogP contribution in [-0.4, -0.2) is 0 Å². The molecule has 0 spiro atoms. The highest BCUT2D eigenvalue weighted by Crippen LogP contribution is 2.19. The van der Waals surface area contributed by atoms with E-state index in [2.05, 4.69) is 36.6 Å². The first kappa shape index (κ1) is 13.7. The fourth-order valence-electron chi connectivity index (χ4n) is 2.16. The van der Waals surface area contributed by atoms with Crippen molar-refractivity contribution < 1.29 is 4.39 Å². The lowest BCUT2D eigenvalue weighted by Gasteiger charge is -2.17. The maximum atomic E-state index is 13.2. The summed E-state index contributed by atoms with van der Waals surface area (Å²) in [6.45, 7) is 2.13. The summed E-state index contributed by atoms with van der Waals surface area (Å²) in [7, 11) is 0. The monoisotopic (exact) mass is 258 g/mol. The lowest BCUT2D eigenvalue weighted by molar-refractivity contribution is 0.548. The van der Waals surface area contributed by atoms with E-state index in [-0.39, 0.29) is 11.9 Å². The third-order valence-electron chi connectivity index (χ3n) is 3.32. The second-order valence-corrected chi connectivity index (χ2v) is 4.65. The molecule has 0 aliphatic rings. The Labute approximate surface area is 113 Å². The van der Waals surface area contributed by atoms with Gasteiger partial charge in [0.15, 0.2) is 0 Å². The van der Waals surface area contributed by atoms with Crippen molar-refractivity contribution in [1.29, 1.82) is 0 Å². The van der Waals surface area contributed by atoms with Gasteiger partial charge >= 0.3 is 0 Å². The molecule has 0 aliphatic carbocycles. The van der Waals surface area contributed by atoms with E-state index in [1.807, 2.05) is 6.07 Å². The van der Waals surface area contributed by atoms with Gasteiger partial charge in [0, 0.05) is 6.04 Å². The summed E-state index contributed by atoms with van der Waals surface area (Å²) < 4.78 is 13.2. The van der Waals surface area contributed by atoms with Crippen LogP contribution in [0.1, 0.15) is 29.7 Å². The maximum Gasteiger partial charge on any atom is 0.123 e. The number of nitrogens with two attached hydrogens (primary N) is 1. The number of hydrogen-bond acceptors (Lipinski definition) is 2. The minimum atomic E-state index is -0.213. The van der Waals surface area contributed by atoms with Gasteiger partial charge in [-0.25, -0.2) is 4.39 Å². The Morgan fingerprint density at radius 3 is 2.42 bits per heavy atom. The van der Waals surface area contributed by atoms with Gasteiger partial charge in [-0.1, -0.05) is 43.3 Å². The second kappa shape index (κ2) is 6.45. The van der Waals surface area contributed by atoms with Crippen molar-refractivity contribution in [3.05, 3.63) is 71.0 Å². The molecule has 100 valence electrons. The molecule has 0 heterocycles. The van der Waals surface area contributed by atoms with Gasteiger partial charge in [0.1, 0.15) is 5.82 Å². The number of halogens is 1. The number of benzene rings is 2. The van der Waals surface area contributed by atoms with Gasteiger partial charge in [-0.2, -0.15) is 0 Å². The topological polar surface area (TPSA) is 38.0 Å². The van der Waals surface area contributed by atoms with Gasteiger partial charge in [-0.3, -0.25) is 11.3 Å². The molecule has 0 amide bonds. The summed E-state index contributed by atoms with van der Waals surface area (Å²) in [5.74, 6) is 5.40. The molecular weight excluding hydrogens is 239 g/mol. The van der Waals surface area contributed by atoms with E-state index in [4.69, 9.17) is 5.84 Å². The first-order valence-electron chi connectivity index (χ1n) is 6.52. The number of nitrogens with one attached hydrogen (secondary N) is 1. The quantitative estimate of drug-likeness (QED) is 0.638. The Bertz CT molecular complexity index is 523. The van der Waals surface area contributed by atoms with Gasteiger partial charge in [0.2, 0.25) is 0 Å². The summed E-state index contributed by atoms with van der Waals surface area (Å²) in [6.07, 6.45) is 1.69. The van der Waals surface area contributed by atoms with E-state index in [9.17, 15) is 4.39 Å². The molecule has 2 aromatic rings. The number of hydrazine groups is 1. The first-order chi connectivity index (χ1) is 9.22. The van der Waals surface area contributed by atoms with Gasteiger partial charge in [0.05, 0.1) is 0 Å². The third kappa shape index (κ3) is 3.63. The Balaban J connectivity index is 2.15. The average Bonchev–Trinajstić information content (AvgIpc) is 2.45. The summed E-state index contributed by atoms with van der Waals surface area (Å²) in [6, 6.07) is 15.0. The summed E-state index contributed by atoms with van der Waals surface area (Å²) in [5, 5.41) is 0. The fourth-order valence-corrected chi connectivity index (χ4v) is 2.16. The molecule has 0 radical (unpaired) electrons. The van der Waals surface area contributed by atoms with E-state index in [1.54, 1.807) is 12.1 Å². The lowest BCUT2D eigenvalue weighted by Crippen LogP contribution is -2.29. The van der Waals surface area contributed by atoms with Crippen LogP contribution in [0.3, 0.4) is 0 Å². The van der Waals surface area contributed by atoms with Gasteiger partial charge < -0.3 is 0 Å². The third-order valence-corrected chi connectivity index (χ3v) is 3.32. The average molecular weight is 258 g/mol. The van der Waals surface area contributed by atoms with Gasteiger partial charge in [0.25, 0.3) is 0 Å². The van der Waals surface area contributed by atoms with E-state index < -0.39 is 0 Å². The van der Waals surface area contributed by atoms with Crippen LogP contribution in [-0.2, 0) is 12.8 Å². The highest BCUT2D eigenvalue weighted by Gasteiger charge is 2.10. The Morgan fingerprint density at radius 1 is 1.11 bits per heavy atom. The molecule has 0 aliphatic heterocycles. The summed E-state index contributed by atoms with van der Waals surface area (Å²) >= 11 is 0. The van der Waals surface area contributed by atoms with Gasteiger partial charge in [-0.05, 0) is 41.7 Å². The molecule has 0 bridgehead atoms. The Kier molecular flexibility index (Phi) is 4.66. The van der Waals surface area contributed by atoms with Crippen molar-refractivity contribution in [3.8, 4) is 0 Å². The summed E-state index contributed by atoms with van der Waals surface area (Å²) in [5.41, 5.74) is 6.15. The maximum absolute atomic E-state index is 13.2. The number of hydrogen-bond donors (Lipinski definition) is 2. The zero-order chi connectivity index (χ0) is 13.7. The van der Waals surface area contributed by atoms with E-state index in [0.29, 0.717) is 6.42 Å². The van der Waals surface area contributed by atoms with Crippen molar-refractivity contribution in [2.45, 2.75) is 25.8 Å². The fraction of sp³-hybridized carbons (Fsp3) is 0.250. The molecule has 2 aromatic carbocycles. The molecule has 1 atom stereocenters. The highest BCUT2D eigenvalue weighted by molar-refractivity contribution is 5.27. The highest BCUT2D eigenvalue weighted by atomic mass is 19.1. The Hall–Kier alpha value is -1.71. The van der Waals surface area contributed by atoms with E-state index in [0.717, 1.165) is 17.5 Å². The molecule has 1 unspecified atom stereocenters. The van der Waals surface area contributed by atoms with Crippen LogP contribution in [0.2, 0.25) is 0 Å². The molecule has 0 saturated heterocycles. The molecule has 0 aromatic heterocycles. The molecule has 2 nitrogen and oxygen atoms in total. The van der Waals surface area contributed by atoms with Crippen molar-refractivity contribution >= 4 is 0 Å². The standard InChI is InChI=1S/C16H19FN2/c1-2-12-6-8-14(9-7-12)16(19-18)11-13-4-3-5-15(17)10-13/h3-10,16,19H,2,11,18H2,1H3. The molecular formula is C16H19FN2. The predicted octanol–water partition coefficient (Wildman–Crippen LogP) is 3.14. The minimum absolute atomic E-state index is 0.00675. The normalized spacial score (nSPS) is 12.4. The smallest absolute Gasteiger partial charge is 0.123 e.